The van der Waals surface area contributed by atoms with Gasteiger partial charge in [-0.05, 0) is 0 Å². The fourth-order valence-electron chi connectivity index (χ4n) is 4.80. The maximum Gasteiger partial charge on any atom is -1.00 e. The van der Waals surface area contributed by atoms with Crippen molar-refractivity contribution in [1.82, 2.24) is 0 Å². The Morgan fingerprint density at radius 3 is 1.60 bits per heavy atom. The van der Waals surface area contributed by atoms with Crippen LogP contribution in [-0.4, -0.2) is 5.43 Å². The second-order valence-electron chi connectivity index (χ2n) is 8.38. The van der Waals surface area contributed by atoms with E-state index in [0.717, 1.165) is 24.0 Å². The molecular weight excluding hydrogens is 577 g/mol. The van der Waals surface area contributed by atoms with Crippen LogP contribution < -0.4 is 30.0 Å². The average molecular weight is 601 g/mol. The third-order valence-electron chi connectivity index (χ3n) is 6.32. The van der Waals surface area contributed by atoms with Gasteiger partial charge in [0.25, 0.3) is 0 Å². The van der Waals surface area contributed by atoms with Gasteiger partial charge in [-0.2, -0.15) is 0 Å². The number of halogens is 4. The smallest absolute Gasteiger partial charge is 1.00 e. The molecule has 0 saturated carbocycles. The Balaban J connectivity index is 0.00000171. The molecule has 0 N–H and O–H groups in total. The molecule has 0 bridgehead atoms. The predicted molar refractivity (Wildman–Crippen MR) is 132 cm³/mol. The molecule has 2 aliphatic rings. The molecule has 0 nitrogen and oxygen atoms in total. The van der Waals surface area contributed by atoms with Crippen LogP contribution in [0.3, 0.4) is 0 Å². The van der Waals surface area contributed by atoms with E-state index in [0.29, 0.717) is 0 Å². The third kappa shape index (κ3) is 5.94. The molecule has 35 heavy (non-hydrogen) atoms. The standard InChI is InChI=1S/2C11H8F.C7H8Si.2ClH.Zr/c2*12-11-7-3-6-10(8-11)9-4-1-2-5-9;1-8-7-5-3-2-4-6-7;;;/h2*1,3-4,6-8H,2H2;2-6H,1H3;2*1H;/q;;;;;+2/p-2. The molecule has 3 aromatic carbocycles. The second-order valence-corrected chi connectivity index (χ2v) is 23.5. The van der Waals surface area contributed by atoms with Crippen LogP contribution >= 0.6 is 0 Å². The van der Waals surface area contributed by atoms with E-state index in [9.17, 15) is 8.78 Å². The topological polar surface area (TPSA) is 0 Å². The van der Waals surface area contributed by atoms with Gasteiger partial charge in [-0.3, -0.25) is 0 Å². The Morgan fingerprint density at radius 1 is 0.657 bits per heavy atom. The van der Waals surface area contributed by atoms with E-state index in [1.54, 1.807) is 24.3 Å². The van der Waals surface area contributed by atoms with Gasteiger partial charge < -0.3 is 24.8 Å². The second kappa shape index (κ2) is 12.4. The molecule has 0 amide bonds. The molecule has 0 atom stereocenters. The summed E-state index contributed by atoms with van der Waals surface area (Å²) >= 11 is -2.44. The van der Waals surface area contributed by atoms with Crippen molar-refractivity contribution in [3.05, 3.63) is 132 Å². The molecule has 2 aliphatic carbocycles. The first-order chi connectivity index (χ1) is 16.1. The van der Waals surface area contributed by atoms with Crippen LogP contribution in [0.5, 0.6) is 0 Å². The molecule has 3 aromatic rings. The molecule has 0 fully saturated rings. The van der Waals surface area contributed by atoms with E-state index in [4.69, 9.17) is 0 Å². The van der Waals surface area contributed by atoms with E-state index < -0.39 is 25.8 Å². The number of hydrogen-bond donors (Lipinski definition) is 0. The summed E-state index contributed by atoms with van der Waals surface area (Å²) in [5, 5.41) is 1.45. The molecule has 0 aromatic heterocycles. The molecule has 0 saturated heterocycles. The van der Waals surface area contributed by atoms with Gasteiger partial charge in [-0.25, -0.2) is 0 Å². The van der Waals surface area contributed by atoms with Crippen molar-refractivity contribution < 1.29 is 54.0 Å². The maximum absolute atomic E-state index is 14.1. The third-order valence-corrected chi connectivity index (χ3v) is 24.8. The Hall–Kier alpha value is -1.84. The number of allylic oxidation sites excluding steroid dienone is 8. The quantitative estimate of drug-likeness (QED) is 0.386. The van der Waals surface area contributed by atoms with E-state index in [1.807, 2.05) is 12.1 Å². The summed E-state index contributed by atoms with van der Waals surface area (Å²) in [6.07, 6.45) is 10.7. The zero-order valence-electron chi connectivity index (χ0n) is 19.2. The summed E-state index contributed by atoms with van der Waals surface area (Å²) in [5.74, 6) is -0.394. The Labute approximate surface area is 226 Å². The molecule has 0 radical (unpaired) electrons. The molecule has 0 spiro atoms. The summed E-state index contributed by atoms with van der Waals surface area (Å²) < 4.78 is 31.3. The van der Waals surface area contributed by atoms with Gasteiger partial charge in [0, 0.05) is 0 Å². The van der Waals surface area contributed by atoms with Crippen molar-refractivity contribution in [2.45, 2.75) is 19.4 Å². The first kappa shape index (κ1) is 27.7. The minimum Gasteiger partial charge on any atom is -1.00 e. The van der Waals surface area contributed by atoms with E-state index in [-0.39, 0.29) is 36.4 Å². The summed E-state index contributed by atoms with van der Waals surface area (Å²) in [6.45, 7) is 2.46. The van der Waals surface area contributed by atoms with E-state index in [1.165, 1.54) is 35.0 Å². The molecule has 0 unspecified atom stereocenters. The average Bonchev–Trinajstić information content (AvgIpc) is 3.50. The molecule has 5 rings (SSSR count). The van der Waals surface area contributed by atoms with Crippen molar-refractivity contribution >= 4 is 21.8 Å². The van der Waals surface area contributed by atoms with Gasteiger partial charge in [0.15, 0.2) is 0 Å². The van der Waals surface area contributed by atoms with Gasteiger partial charge >= 0.3 is 203 Å². The van der Waals surface area contributed by atoms with E-state index in [2.05, 4.69) is 61.2 Å². The van der Waals surface area contributed by atoms with Gasteiger partial charge in [0.2, 0.25) is 0 Å². The SMILES string of the molecule is C[Si](c1ccccc1)=[Zr+2]([C]1=C(c2cccc(F)c2)C=CC1)[C]1=C(c2cccc(F)c2)C=CC1.[Cl-].[Cl-]. The van der Waals surface area contributed by atoms with E-state index >= 15 is 0 Å². The first-order valence-electron chi connectivity index (χ1n) is 11.2. The number of rotatable bonds is 5. The molecule has 176 valence electrons. The van der Waals surface area contributed by atoms with Crippen molar-refractivity contribution in [2.24, 2.45) is 0 Å². The zero-order chi connectivity index (χ0) is 22.8. The fraction of sp³-hybridized carbons (Fsp3) is 0.103. The van der Waals surface area contributed by atoms with Crippen LogP contribution in [0.1, 0.15) is 24.0 Å². The summed E-state index contributed by atoms with van der Waals surface area (Å²) in [5.41, 5.74) is 3.51. The number of benzene rings is 3. The van der Waals surface area contributed by atoms with Crippen molar-refractivity contribution in [3.8, 4) is 0 Å². The predicted octanol–water partition coefficient (Wildman–Crippen LogP) is 1.16. The number of hydrogen-bond acceptors (Lipinski definition) is 0. The molecule has 0 heterocycles. The van der Waals surface area contributed by atoms with Crippen LogP contribution in [-0.2, 0) is 20.4 Å². The van der Waals surface area contributed by atoms with Crippen LogP contribution in [0.4, 0.5) is 8.78 Å². The Bertz CT molecular complexity index is 1310. The first-order valence-corrected chi connectivity index (χ1v) is 19.3. The van der Waals surface area contributed by atoms with Crippen molar-refractivity contribution in [3.63, 3.8) is 0 Å². The zero-order valence-corrected chi connectivity index (χ0v) is 24.2. The summed E-state index contributed by atoms with van der Waals surface area (Å²) in [6, 6.07) is 24.8. The van der Waals surface area contributed by atoms with Crippen molar-refractivity contribution in [1.29, 1.82) is 0 Å². The molecule has 0 aliphatic heterocycles. The Kier molecular flexibility index (Phi) is 9.84. The summed E-state index contributed by atoms with van der Waals surface area (Å²) in [7, 11) is 0. The largest absolute Gasteiger partial charge is 1.00 e. The van der Waals surface area contributed by atoms with Crippen LogP contribution in [0.15, 0.2) is 110 Å². The van der Waals surface area contributed by atoms with Gasteiger partial charge in [0.05, 0.1) is 0 Å². The summed E-state index contributed by atoms with van der Waals surface area (Å²) in [4.78, 5) is 0. The van der Waals surface area contributed by atoms with Gasteiger partial charge in [0.1, 0.15) is 0 Å². The molecular formula is C29H24Cl2F2SiZr. The molecule has 6 heteroatoms. The van der Waals surface area contributed by atoms with Crippen molar-refractivity contribution in [2.75, 3.05) is 0 Å². The normalized spacial score (nSPS) is 13.9. The Morgan fingerprint density at radius 2 is 1.14 bits per heavy atom. The van der Waals surface area contributed by atoms with Crippen LogP contribution in [0.2, 0.25) is 6.55 Å². The minimum absolute atomic E-state index is 0. The fourth-order valence-corrected chi connectivity index (χ4v) is 24.4. The van der Waals surface area contributed by atoms with Gasteiger partial charge in [-0.15, -0.1) is 0 Å². The van der Waals surface area contributed by atoms with Gasteiger partial charge in [-0.1, -0.05) is 0 Å². The monoisotopic (exact) mass is 598 g/mol. The minimum atomic E-state index is -2.44. The van der Waals surface area contributed by atoms with Crippen LogP contribution in [0.25, 0.3) is 11.1 Å². The van der Waals surface area contributed by atoms with Crippen LogP contribution in [0, 0.1) is 11.6 Å². The maximum atomic E-state index is 14.1.